The average molecular weight is 415 g/mol. The predicted octanol–water partition coefficient (Wildman–Crippen LogP) is 6.29. The maximum Gasteiger partial charge on any atom is 0.311 e. The third-order valence-electron chi connectivity index (χ3n) is 5.00. The van der Waals surface area contributed by atoms with Gasteiger partial charge in [-0.25, -0.2) is 0 Å². The third kappa shape index (κ3) is 4.52. The molecule has 1 aliphatic carbocycles. The van der Waals surface area contributed by atoms with E-state index >= 15 is 0 Å². The summed E-state index contributed by atoms with van der Waals surface area (Å²) in [5.74, 6) is 3.09. The fourth-order valence-electron chi connectivity index (χ4n) is 3.33. The molecule has 1 fully saturated rings. The number of benzene rings is 2. The normalized spacial score (nSPS) is 20.4. The second kappa shape index (κ2) is 8.31. The topological polar surface area (TPSA) is 35.5 Å². The summed E-state index contributed by atoms with van der Waals surface area (Å²) in [4.78, 5) is 12.7. The molecule has 5 heteroatoms. The number of para-hydroxylation sites is 1. The first kappa shape index (κ1) is 20.3. The molecule has 0 heterocycles. The predicted molar refractivity (Wildman–Crippen MR) is 111 cm³/mol. The molecule has 0 spiro atoms. The molecule has 0 amide bonds. The van der Waals surface area contributed by atoms with Crippen LogP contribution in [0.2, 0.25) is 0 Å². The van der Waals surface area contributed by atoms with Crippen molar-refractivity contribution in [3.8, 4) is 23.8 Å². The SMILES string of the molecule is C#CC(OC(=O)C1C(C=C(Cl)Cl)C1(C)C)c1cccc(Oc2ccccc2)c1. The Balaban J connectivity index is 1.72. The van der Waals surface area contributed by atoms with Crippen molar-refractivity contribution in [2.24, 2.45) is 17.3 Å². The standard InChI is InChI=1S/C23H20Cl2O3/c1-4-19(28-22(26)21-18(14-20(24)25)23(21,2)3)15-9-8-12-17(13-15)27-16-10-6-5-7-11-16/h1,5-14,18-19,21H,2-3H3. The van der Waals surface area contributed by atoms with Crippen molar-refractivity contribution in [1.29, 1.82) is 0 Å². The van der Waals surface area contributed by atoms with E-state index in [0.717, 1.165) is 0 Å². The van der Waals surface area contributed by atoms with Crippen LogP contribution in [0.5, 0.6) is 11.5 Å². The number of carbonyl (C=O) groups is 1. The smallest absolute Gasteiger partial charge is 0.311 e. The molecular weight excluding hydrogens is 395 g/mol. The number of carbonyl (C=O) groups excluding carboxylic acids is 1. The largest absolute Gasteiger partial charge is 0.457 e. The Morgan fingerprint density at radius 2 is 1.82 bits per heavy atom. The van der Waals surface area contributed by atoms with Crippen molar-refractivity contribution >= 4 is 29.2 Å². The van der Waals surface area contributed by atoms with Crippen LogP contribution in [-0.2, 0) is 9.53 Å². The van der Waals surface area contributed by atoms with Gasteiger partial charge in [0.15, 0.2) is 6.10 Å². The molecule has 144 valence electrons. The molecule has 3 unspecified atom stereocenters. The number of rotatable bonds is 6. The Hall–Kier alpha value is -2.41. The molecule has 3 nitrogen and oxygen atoms in total. The lowest BCUT2D eigenvalue weighted by Gasteiger charge is -2.15. The number of hydrogen-bond donors (Lipinski definition) is 0. The summed E-state index contributed by atoms with van der Waals surface area (Å²) in [6.45, 7) is 3.94. The zero-order valence-corrected chi connectivity index (χ0v) is 17.1. The van der Waals surface area contributed by atoms with Gasteiger partial charge in [0.1, 0.15) is 16.0 Å². The number of allylic oxidation sites excluding steroid dienone is 1. The van der Waals surface area contributed by atoms with E-state index in [-0.39, 0.29) is 27.7 Å². The highest BCUT2D eigenvalue weighted by Gasteiger charge is 2.61. The van der Waals surface area contributed by atoms with Crippen LogP contribution < -0.4 is 4.74 Å². The summed E-state index contributed by atoms with van der Waals surface area (Å²) >= 11 is 11.5. The van der Waals surface area contributed by atoms with Gasteiger partial charge in [-0.2, -0.15) is 0 Å². The molecule has 1 saturated carbocycles. The molecule has 3 rings (SSSR count). The van der Waals surface area contributed by atoms with Crippen LogP contribution >= 0.6 is 23.2 Å². The summed E-state index contributed by atoms with van der Waals surface area (Å²) in [6.07, 6.45) is 6.51. The van der Waals surface area contributed by atoms with E-state index in [1.54, 1.807) is 18.2 Å². The summed E-state index contributed by atoms with van der Waals surface area (Å²) in [5, 5.41) is 0. The lowest BCUT2D eigenvalue weighted by molar-refractivity contribution is -0.149. The Bertz CT molecular complexity index is 924. The van der Waals surface area contributed by atoms with Crippen molar-refractivity contribution < 1.29 is 14.3 Å². The first-order chi connectivity index (χ1) is 13.3. The molecule has 0 bridgehead atoms. The van der Waals surface area contributed by atoms with Crippen LogP contribution in [0.4, 0.5) is 0 Å². The van der Waals surface area contributed by atoms with Gasteiger partial charge >= 0.3 is 5.97 Å². The first-order valence-corrected chi connectivity index (χ1v) is 9.61. The summed E-state index contributed by atoms with van der Waals surface area (Å²) in [7, 11) is 0. The number of ether oxygens (including phenoxy) is 2. The van der Waals surface area contributed by atoms with E-state index in [2.05, 4.69) is 5.92 Å². The van der Waals surface area contributed by atoms with Crippen molar-refractivity contribution in [2.45, 2.75) is 20.0 Å². The van der Waals surface area contributed by atoms with Gasteiger partial charge in [0.05, 0.1) is 5.92 Å². The van der Waals surface area contributed by atoms with Crippen molar-refractivity contribution in [1.82, 2.24) is 0 Å². The van der Waals surface area contributed by atoms with Crippen molar-refractivity contribution in [3.63, 3.8) is 0 Å². The Morgan fingerprint density at radius 3 is 2.46 bits per heavy atom. The molecule has 0 aliphatic heterocycles. The molecule has 2 aromatic carbocycles. The average Bonchev–Trinajstić information content (AvgIpc) is 3.20. The fraction of sp³-hybridized carbons (Fsp3) is 0.261. The van der Waals surface area contributed by atoms with Gasteiger partial charge in [0.2, 0.25) is 0 Å². The van der Waals surface area contributed by atoms with Crippen molar-refractivity contribution in [2.75, 3.05) is 0 Å². The molecule has 0 radical (unpaired) electrons. The molecule has 2 aromatic rings. The molecule has 1 aliphatic rings. The van der Waals surface area contributed by atoms with E-state index in [9.17, 15) is 4.79 Å². The molecule has 0 saturated heterocycles. The number of esters is 1. The monoisotopic (exact) mass is 414 g/mol. The maximum atomic E-state index is 12.7. The van der Waals surface area contributed by atoms with Crippen LogP contribution in [0.15, 0.2) is 65.2 Å². The zero-order chi connectivity index (χ0) is 20.3. The molecule has 28 heavy (non-hydrogen) atoms. The number of hydrogen-bond acceptors (Lipinski definition) is 3. The highest BCUT2D eigenvalue weighted by atomic mass is 35.5. The van der Waals surface area contributed by atoms with Gasteiger partial charge in [-0.1, -0.05) is 73.3 Å². The molecular formula is C23H20Cl2O3. The molecule has 0 N–H and O–H groups in total. The molecule has 0 aromatic heterocycles. The molecule has 3 atom stereocenters. The van der Waals surface area contributed by atoms with E-state index < -0.39 is 6.10 Å². The minimum absolute atomic E-state index is 0.0730. The van der Waals surface area contributed by atoms with Crippen LogP contribution in [0, 0.1) is 29.6 Å². The maximum absolute atomic E-state index is 12.7. The lowest BCUT2D eigenvalue weighted by atomic mass is 10.1. The van der Waals surface area contributed by atoms with Gasteiger partial charge in [-0.3, -0.25) is 4.79 Å². The summed E-state index contributed by atoms with van der Waals surface area (Å²) < 4.78 is 11.6. The van der Waals surface area contributed by atoms with Gasteiger partial charge in [-0.15, -0.1) is 6.42 Å². The van der Waals surface area contributed by atoms with Crippen LogP contribution in [0.25, 0.3) is 0 Å². The van der Waals surface area contributed by atoms with Crippen LogP contribution in [0.3, 0.4) is 0 Å². The van der Waals surface area contributed by atoms with Crippen molar-refractivity contribution in [3.05, 3.63) is 70.7 Å². The van der Waals surface area contributed by atoms with E-state index in [0.29, 0.717) is 17.1 Å². The van der Waals surface area contributed by atoms with Crippen LogP contribution in [0.1, 0.15) is 25.5 Å². The van der Waals surface area contributed by atoms with E-state index in [1.165, 1.54) is 0 Å². The minimum atomic E-state index is -0.806. The van der Waals surface area contributed by atoms with Gasteiger partial charge in [0.25, 0.3) is 0 Å². The number of halogens is 2. The summed E-state index contributed by atoms with van der Waals surface area (Å²) in [6, 6.07) is 16.6. The highest BCUT2D eigenvalue weighted by molar-refractivity contribution is 6.55. The minimum Gasteiger partial charge on any atom is -0.457 e. The second-order valence-corrected chi connectivity index (χ2v) is 8.26. The van der Waals surface area contributed by atoms with E-state index in [1.807, 2.05) is 56.3 Å². The van der Waals surface area contributed by atoms with Gasteiger partial charge in [0, 0.05) is 5.56 Å². The first-order valence-electron chi connectivity index (χ1n) is 8.85. The fourth-order valence-corrected chi connectivity index (χ4v) is 3.60. The quantitative estimate of drug-likeness (QED) is 0.411. The summed E-state index contributed by atoms with van der Waals surface area (Å²) in [5.41, 5.74) is 0.397. The lowest BCUT2D eigenvalue weighted by Crippen LogP contribution is -2.14. The van der Waals surface area contributed by atoms with Gasteiger partial charge in [-0.05, 0) is 41.7 Å². The highest BCUT2D eigenvalue weighted by Crippen LogP contribution is 2.60. The Morgan fingerprint density at radius 1 is 1.14 bits per heavy atom. The zero-order valence-electron chi connectivity index (χ0n) is 15.6. The second-order valence-electron chi connectivity index (χ2n) is 7.25. The number of terminal acetylenes is 1. The van der Waals surface area contributed by atoms with Crippen LogP contribution in [-0.4, -0.2) is 5.97 Å². The Labute approximate surface area is 175 Å². The van der Waals surface area contributed by atoms with Gasteiger partial charge < -0.3 is 9.47 Å². The Kier molecular flexibility index (Phi) is 6.03. The third-order valence-corrected chi connectivity index (χ3v) is 5.25. The van der Waals surface area contributed by atoms with E-state index in [4.69, 9.17) is 39.1 Å².